The van der Waals surface area contributed by atoms with E-state index in [4.69, 9.17) is 0 Å². The van der Waals surface area contributed by atoms with Gasteiger partial charge < -0.3 is 4.90 Å². The fourth-order valence-corrected chi connectivity index (χ4v) is 4.41. The molecule has 6 nitrogen and oxygen atoms in total. The number of aryl methyl sites for hydroxylation is 1. The summed E-state index contributed by atoms with van der Waals surface area (Å²) in [6, 6.07) is 5.79. The summed E-state index contributed by atoms with van der Waals surface area (Å²) >= 11 is 0. The Kier molecular flexibility index (Phi) is 5.82. The van der Waals surface area contributed by atoms with Gasteiger partial charge in [-0.3, -0.25) is 19.4 Å². The average molecular weight is 367 g/mol. The van der Waals surface area contributed by atoms with E-state index in [-0.39, 0.29) is 11.9 Å². The van der Waals surface area contributed by atoms with Crippen LogP contribution in [-0.2, 0) is 11.3 Å². The molecule has 2 saturated heterocycles. The molecule has 0 radical (unpaired) electrons. The molecular formula is C21H29N5O. The lowest BCUT2D eigenvalue weighted by Crippen LogP contribution is -2.45. The minimum Gasteiger partial charge on any atom is -0.341 e. The van der Waals surface area contributed by atoms with Crippen LogP contribution in [0.5, 0.6) is 0 Å². The van der Waals surface area contributed by atoms with E-state index in [0.29, 0.717) is 5.92 Å². The number of nitrogens with zero attached hydrogens (tertiary/aromatic N) is 5. The van der Waals surface area contributed by atoms with Crippen LogP contribution in [0.4, 0.5) is 0 Å². The van der Waals surface area contributed by atoms with Crippen LogP contribution in [0.25, 0.3) is 0 Å². The Morgan fingerprint density at radius 3 is 2.59 bits per heavy atom. The van der Waals surface area contributed by atoms with Gasteiger partial charge in [0, 0.05) is 44.4 Å². The van der Waals surface area contributed by atoms with Crippen molar-refractivity contribution in [1.29, 1.82) is 0 Å². The van der Waals surface area contributed by atoms with E-state index in [1.807, 2.05) is 41.5 Å². The minimum atomic E-state index is -0.165. The maximum absolute atomic E-state index is 13.4. The highest BCUT2D eigenvalue weighted by atomic mass is 16.2. The molecule has 0 bridgehead atoms. The van der Waals surface area contributed by atoms with Crippen molar-refractivity contribution in [2.24, 2.45) is 5.92 Å². The van der Waals surface area contributed by atoms with Crippen LogP contribution < -0.4 is 0 Å². The van der Waals surface area contributed by atoms with Gasteiger partial charge in [0.2, 0.25) is 5.91 Å². The van der Waals surface area contributed by atoms with Crippen LogP contribution in [0.1, 0.15) is 43.7 Å². The number of amides is 1. The van der Waals surface area contributed by atoms with E-state index in [2.05, 4.69) is 19.9 Å². The summed E-state index contributed by atoms with van der Waals surface area (Å²) in [7, 11) is 0. The smallest absolute Gasteiger partial charge is 0.244 e. The van der Waals surface area contributed by atoms with Crippen molar-refractivity contribution in [1.82, 2.24) is 24.6 Å². The predicted octanol–water partition coefficient (Wildman–Crippen LogP) is 2.74. The summed E-state index contributed by atoms with van der Waals surface area (Å²) in [5, 5.41) is 4.29. The van der Waals surface area contributed by atoms with E-state index >= 15 is 0 Å². The lowest BCUT2D eigenvalue weighted by Gasteiger charge is -2.36. The molecule has 1 amide bonds. The number of aromatic nitrogens is 3. The number of hydrogen-bond donors (Lipinski definition) is 0. The first-order valence-electron chi connectivity index (χ1n) is 10.2. The molecule has 2 aliphatic rings. The van der Waals surface area contributed by atoms with Crippen molar-refractivity contribution >= 4 is 5.91 Å². The first-order valence-corrected chi connectivity index (χ1v) is 10.2. The molecule has 4 rings (SSSR count). The van der Waals surface area contributed by atoms with E-state index in [1.165, 1.54) is 12.8 Å². The van der Waals surface area contributed by atoms with Gasteiger partial charge in [-0.05, 0) is 68.8 Å². The number of hydrogen-bond acceptors (Lipinski definition) is 4. The van der Waals surface area contributed by atoms with Crippen LogP contribution in [0.2, 0.25) is 0 Å². The Morgan fingerprint density at radius 2 is 1.93 bits per heavy atom. The molecule has 0 saturated carbocycles. The molecule has 6 heteroatoms. The van der Waals surface area contributed by atoms with Crippen molar-refractivity contribution < 1.29 is 4.79 Å². The highest BCUT2D eigenvalue weighted by Gasteiger charge is 2.34. The van der Waals surface area contributed by atoms with Gasteiger partial charge in [-0.1, -0.05) is 6.07 Å². The Bertz CT molecular complexity index is 703. The molecule has 0 aliphatic carbocycles. The standard InChI is InChI=1S/C21H29N5O/c27-21(20(24-11-1-2-12-24)19-5-3-9-22-17-19)25-14-6-18(7-15-25)8-16-26-13-4-10-23-26/h3-5,9-10,13,17-18,20H,1-2,6-8,11-12,14-16H2. The fraction of sp³-hybridized carbons (Fsp3) is 0.571. The largest absolute Gasteiger partial charge is 0.341 e. The Labute approximate surface area is 161 Å². The molecule has 27 heavy (non-hydrogen) atoms. The summed E-state index contributed by atoms with van der Waals surface area (Å²) in [5.41, 5.74) is 1.03. The van der Waals surface area contributed by atoms with Crippen LogP contribution in [0.15, 0.2) is 43.0 Å². The number of piperidine rings is 1. The Balaban J connectivity index is 1.36. The normalized spacial score (nSPS) is 20.1. The van der Waals surface area contributed by atoms with Gasteiger partial charge in [0.25, 0.3) is 0 Å². The number of carbonyl (C=O) groups excluding carboxylic acids is 1. The van der Waals surface area contributed by atoms with Crippen LogP contribution in [0.3, 0.4) is 0 Å². The second-order valence-electron chi connectivity index (χ2n) is 7.76. The molecule has 2 aromatic rings. The van der Waals surface area contributed by atoms with Crippen molar-refractivity contribution in [3.05, 3.63) is 48.5 Å². The minimum absolute atomic E-state index is 0.165. The monoisotopic (exact) mass is 367 g/mol. The molecule has 2 aromatic heterocycles. The summed E-state index contributed by atoms with van der Waals surface area (Å²) in [5.74, 6) is 0.942. The lowest BCUT2D eigenvalue weighted by atomic mass is 9.92. The molecule has 1 atom stereocenters. The van der Waals surface area contributed by atoms with Crippen molar-refractivity contribution in [2.75, 3.05) is 26.2 Å². The third-order valence-corrected chi connectivity index (χ3v) is 5.99. The number of pyridine rings is 1. The molecule has 2 aliphatic heterocycles. The van der Waals surface area contributed by atoms with Gasteiger partial charge in [0.1, 0.15) is 6.04 Å². The van der Waals surface area contributed by atoms with Crippen LogP contribution >= 0.6 is 0 Å². The molecule has 1 unspecified atom stereocenters. The van der Waals surface area contributed by atoms with Crippen LogP contribution in [-0.4, -0.2) is 56.7 Å². The zero-order valence-electron chi connectivity index (χ0n) is 15.9. The maximum Gasteiger partial charge on any atom is 0.244 e. The van der Waals surface area contributed by atoms with Crippen molar-refractivity contribution in [3.8, 4) is 0 Å². The first kappa shape index (κ1) is 18.2. The second-order valence-corrected chi connectivity index (χ2v) is 7.76. The van der Waals surface area contributed by atoms with Crippen molar-refractivity contribution in [3.63, 3.8) is 0 Å². The molecule has 0 N–H and O–H groups in total. The number of likely N-dealkylation sites (tertiary alicyclic amines) is 2. The summed E-state index contributed by atoms with van der Waals surface area (Å²) in [4.78, 5) is 22.1. The van der Waals surface area contributed by atoms with Crippen molar-refractivity contribution in [2.45, 2.75) is 44.7 Å². The van der Waals surface area contributed by atoms with Gasteiger partial charge in [0.05, 0.1) is 0 Å². The molecule has 144 valence electrons. The van der Waals surface area contributed by atoms with Gasteiger partial charge in [-0.25, -0.2) is 0 Å². The van der Waals surface area contributed by atoms with E-state index < -0.39 is 0 Å². The van der Waals surface area contributed by atoms with Gasteiger partial charge in [-0.15, -0.1) is 0 Å². The highest BCUT2D eigenvalue weighted by Crippen LogP contribution is 2.29. The zero-order chi connectivity index (χ0) is 18.5. The molecule has 0 aromatic carbocycles. The second kappa shape index (κ2) is 8.65. The van der Waals surface area contributed by atoms with E-state index in [0.717, 1.165) is 57.5 Å². The first-order chi connectivity index (χ1) is 13.3. The van der Waals surface area contributed by atoms with Crippen LogP contribution in [0, 0.1) is 5.92 Å². The summed E-state index contributed by atoms with van der Waals surface area (Å²) in [6.45, 7) is 4.72. The lowest BCUT2D eigenvalue weighted by molar-refractivity contribution is -0.138. The fourth-order valence-electron chi connectivity index (χ4n) is 4.41. The molecule has 2 fully saturated rings. The molecular weight excluding hydrogens is 338 g/mol. The summed E-state index contributed by atoms with van der Waals surface area (Å²) < 4.78 is 2.00. The SMILES string of the molecule is O=C(C(c1cccnc1)N1CCCC1)N1CCC(CCn2cccn2)CC1. The third-order valence-electron chi connectivity index (χ3n) is 5.99. The van der Waals surface area contributed by atoms with E-state index in [9.17, 15) is 4.79 Å². The quantitative estimate of drug-likeness (QED) is 0.788. The Morgan fingerprint density at radius 1 is 1.11 bits per heavy atom. The van der Waals surface area contributed by atoms with E-state index in [1.54, 1.807) is 6.20 Å². The molecule has 0 spiro atoms. The average Bonchev–Trinajstić information content (AvgIpc) is 3.42. The molecule has 4 heterocycles. The Hall–Kier alpha value is -2.21. The van der Waals surface area contributed by atoms with Gasteiger partial charge >= 0.3 is 0 Å². The third kappa shape index (κ3) is 4.38. The zero-order valence-corrected chi connectivity index (χ0v) is 15.9. The maximum atomic E-state index is 13.4. The predicted molar refractivity (Wildman–Crippen MR) is 104 cm³/mol. The van der Waals surface area contributed by atoms with Gasteiger partial charge in [0.15, 0.2) is 0 Å². The number of rotatable bonds is 6. The summed E-state index contributed by atoms with van der Waals surface area (Å²) in [6.07, 6.45) is 13.2. The topological polar surface area (TPSA) is 54.3 Å². The van der Waals surface area contributed by atoms with Gasteiger partial charge in [-0.2, -0.15) is 5.10 Å². The highest BCUT2D eigenvalue weighted by molar-refractivity contribution is 5.83. The number of carbonyl (C=O) groups is 1.